The van der Waals surface area contributed by atoms with Gasteiger partial charge in [-0.1, -0.05) is 0 Å². The number of hydrogen-bond acceptors (Lipinski definition) is 7. The van der Waals surface area contributed by atoms with E-state index in [0.717, 1.165) is 55.8 Å². The van der Waals surface area contributed by atoms with Gasteiger partial charge in [0, 0.05) is 30.8 Å². The van der Waals surface area contributed by atoms with E-state index in [-0.39, 0.29) is 6.10 Å². The summed E-state index contributed by atoms with van der Waals surface area (Å²) in [6, 6.07) is 7.81. The number of rotatable bonds is 7. The highest BCUT2D eigenvalue weighted by atomic mass is 16.5. The highest BCUT2D eigenvalue weighted by Gasteiger charge is 2.30. The van der Waals surface area contributed by atoms with Crippen molar-refractivity contribution in [3.8, 4) is 11.5 Å². The largest absolute Gasteiger partial charge is 0.453 e. The van der Waals surface area contributed by atoms with Gasteiger partial charge in [0.2, 0.25) is 0 Å². The summed E-state index contributed by atoms with van der Waals surface area (Å²) < 4.78 is 14.3. The molecule has 1 atom stereocenters. The fraction of sp³-hybridized carbons (Fsp3) is 0.458. The van der Waals surface area contributed by atoms with Gasteiger partial charge in [-0.3, -0.25) is 9.67 Å². The Labute approximate surface area is 187 Å². The molecule has 0 bridgehead atoms. The minimum atomic E-state index is -1.02. The van der Waals surface area contributed by atoms with E-state index in [0.29, 0.717) is 23.3 Å². The predicted octanol–water partition coefficient (Wildman–Crippen LogP) is 5.01. The average Bonchev–Trinajstić information content (AvgIpc) is 3.55. The van der Waals surface area contributed by atoms with E-state index >= 15 is 0 Å². The van der Waals surface area contributed by atoms with Crippen LogP contribution in [-0.2, 0) is 10.3 Å². The van der Waals surface area contributed by atoms with E-state index in [2.05, 4.69) is 15.3 Å². The molecule has 3 aromatic rings. The van der Waals surface area contributed by atoms with Crippen LogP contribution in [0, 0.1) is 0 Å². The second-order valence-electron chi connectivity index (χ2n) is 9.04. The number of anilines is 2. The molecule has 1 aliphatic carbocycles. The van der Waals surface area contributed by atoms with Crippen molar-refractivity contribution in [3.05, 3.63) is 54.2 Å². The van der Waals surface area contributed by atoms with Gasteiger partial charge in [-0.25, -0.2) is 4.98 Å². The van der Waals surface area contributed by atoms with Crippen molar-refractivity contribution in [1.29, 1.82) is 0 Å². The Hall–Kier alpha value is -2.97. The summed E-state index contributed by atoms with van der Waals surface area (Å²) in [5.41, 5.74) is 1.24. The first kappa shape index (κ1) is 20.9. The number of ether oxygens (including phenoxy) is 2. The molecular formula is C24H29N5O3. The third-order valence-electron chi connectivity index (χ3n) is 5.75. The second kappa shape index (κ2) is 8.52. The maximum absolute atomic E-state index is 10.2. The number of aliphatic hydroxyl groups is 1. The lowest BCUT2D eigenvalue weighted by Gasteiger charge is -2.21. The molecule has 1 saturated carbocycles. The summed E-state index contributed by atoms with van der Waals surface area (Å²) in [5, 5.41) is 18.3. The number of nitrogens with one attached hydrogen (secondary N) is 1. The summed E-state index contributed by atoms with van der Waals surface area (Å²) >= 11 is 0. The van der Waals surface area contributed by atoms with Crippen molar-refractivity contribution in [3.63, 3.8) is 0 Å². The maximum atomic E-state index is 10.2. The van der Waals surface area contributed by atoms with Crippen LogP contribution in [0.25, 0.3) is 0 Å². The Morgan fingerprint density at radius 1 is 1.12 bits per heavy atom. The van der Waals surface area contributed by atoms with E-state index < -0.39 is 5.60 Å². The molecule has 0 spiro atoms. The minimum Gasteiger partial charge on any atom is -0.453 e. The van der Waals surface area contributed by atoms with Crippen molar-refractivity contribution < 1.29 is 14.6 Å². The first-order valence-corrected chi connectivity index (χ1v) is 11.3. The topological polar surface area (TPSA) is 94.3 Å². The average molecular weight is 436 g/mol. The number of hydrogen-bond donors (Lipinski definition) is 2. The zero-order valence-electron chi connectivity index (χ0n) is 18.5. The molecule has 2 N–H and O–H groups in total. The van der Waals surface area contributed by atoms with Crippen molar-refractivity contribution in [2.45, 2.75) is 63.7 Å². The molecule has 1 saturated heterocycles. The summed E-state index contributed by atoms with van der Waals surface area (Å²) in [7, 11) is 0. The van der Waals surface area contributed by atoms with Crippen LogP contribution in [0.15, 0.2) is 42.9 Å². The highest BCUT2D eigenvalue weighted by Crippen LogP contribution is 2.40. The molecule has 0 radical (unpaired) electrons. The minimum absolute atomic E-state index is 0.0183. The van der Waals surface area contributed by atoms with Crippen LogP contribution >= 0.6 is 0 Å². The summed E-state index contributed by atoms with van der Waals surface area (Å²) in [4.78, 5) is 8.65. The third kappa shape index (κ3) is 4.76. The van der Waals surface area contributed by atoms with Gasteiger partial charge in [0.15, 0.2) is 5.75 Å². The van der Waals surface area contributed by atoms with E-state index in [1.807, 2.05) is 35.1 Å². The molecule has 5 rings (SSSR count). The van der Waals surface area contributed by atoms with Crippen LogP contribution in [0.1, 0.15) is 69.5 Å². The van der Waals surface area contributed by atoms with Crippen molar-refractivity contribution in [1.82, 2.24) is 19.7 Å². The smallest absolute Gasteiger partial charge is 0.171 e. The lowest BCUT2D eigenvalue weighted by Crippen LogP contribution is -2.17. The molecule has 3 aromatic heterocycles. The summed E-state index contributed by atoms with van der Waals surface area (Å²) in [6.45, 7) is 4.19. The van der Waals surface area contributed by atoms with Crippen LogP contribution in [-0.4, -0.2) is 31.5 Å². The van der Waals surface area contributed by atoms with Crippen LogP contribution < -0.4 is 10.1 Å². The van der Waals surface area contributed by atoms with Crippen LogP contribution in [0.2, 0.25) is 0 Å². The summed E-state index contributed by atoms with van der Waals surface area (Å²) in [5.74, 6) is 2.06. The molecule has 0 amide bonds. The molecule has 32 heavy (non-hydrogen) atoms. The molecule has 2 aliphatic rings. The Morgan fingerprint density at radius 3 is 2.72 bits per heavy atom. The standard InChI is InChI=1S/C24H29N5O3/c1-24(2,30)21-13-16(8-10-25-21)27-22-14-18(9-11-26-22)32-20-15-29(17-6-7-17)28-23(20)19-5-3-4-12-31-19/h8-11,13-15,17,19,30H,3-7,12H2,1-2H3,(H,25,26,27). The predicted molar refractivity (Wildman–Crippen MR) is 120 cm³/mol. The van der Waals surface area contributed by atoms with E-state index in [1.54, 1.807) is 26.2 Å². The maximum Gasteiger partial charge on any atom is 0.171 e. The van der Waals surface area contributed by atoms with E-state index in [4.69, 9.17) is 14.6 Å². The Balaban J connectivity index is 1.36. The van der Waals surface area contributed by atoms with Gasteiger partial charge in [0.25, 0.3) is 0 Å². The molecule has 168 valence electrons. The van der Waals surface area contributed by atoms with E-state index in [1.165, 1.54) is 0 Å². The number of nitrogens with zero attached hydrogens (tertiary/aromatic N) is 4. The number of pyridine rings is 2. The highest BCUT2D eigenvalue weighted by molar-refractivity contribution is 5.57. The van der Waals surface area contributed by atoms with Gasteiger partial charge < -0.3 is 19.9 Å². The molecule has 4 heterocycles. The molecule has 8 heteroatoms. The van der Waals surface area contributed by atoms with Gasteiger partial charge in [0.1, 0.15) is 29.0 Å². The molecule has 1 aliphatic heterocycles. The SMILES string of the molecule is CC(C)(O)c1cc(Nc2cc(Oc3cn(C4CC4)nc3C3CCCCO3)ccn2)ccn1. The monoisotopic (exact) mass is 435 g/mol. The molecule has 1 unspecified atom stereocenters. The van der Waals surface area contributed by atoms with Crippen molar-refractivity contribution in [2.75, 3.05) is 11.9 Å². The van der Waals surface area contributed by atoms with Crippen LogP contribution in [0.5, 0.6) is 11.5 Å². The first-order chi connectivity index (χ1) is 15.5. The first-order valence-electron chi connectivity index (χ1n) is 11.3. The zero-order valence-corrected chi connectivity index (χ0v) is 18.5. The summed E-state index contributed by atoms with van der Waals surface area (Å²) in [6.07, 6.45) is 10.9. The Morgan fingerprint density at radius 2 is 1.97 bits per heavy atom. The Kier molecular flexibility index (Phi) is 5.57. The molecule has 0 aromatic carbocycles. The fourth-order valence-corrected chi connectivity index (χ4v) is 3.83. The van der Waals surface area contributed by atoms with Crippen molar-refractivity contribution in [2.24, 2.45) is 0 Å². The third-order valence-corrected chi connectivity index (χ3v) is 5.75. The zero-order chi connectivity index (χ0) is 22.1. The van der Waals surface area contributed by atoms with Gasteiger partial charge in [-0.2, -0.15) is 5.10 Å². The van der Waals surface area contributed by atoms with Gasteiger partial charge in [0.05, 0.1) is 17.9 Å². The number of aromatic nitrogens is 4. The fourth-order valence-electron chi connectivity index (χ4n) is 3.83. The normalized spacial score (nSPS) is 19.0. The van der Waals surface area contributed by atoms with Gasteiger partial charge in [-0.15, -0.1) is 0 Å². The lowest BCUT2D eigenvalue weighted by atomic mass is 10.0. The molecule has 2 fully saturated rings. The van der Waals surface area contributed by atoms with Crippen LogP contribution in [0.4, 0.5) is 11.5 Å². The van der Waals surface area contributed by atoms with Crippen LogP contribution in [0.3, 0.4) is 0 Å². The van der Waals surface area contributed by atoms with Gasteiger partial charge >= 0.3 is 0 Å². The molecule has 8 nitrogen and oxygen atoms in total. The lowest BCUT2D eigenvalue weighted by molar-refractivity contribution is 0.0109. The second-order valence-corrected chi connectivity index (χ2v) is 9.04. The van der Waals surface area contributed by atoms with E-state index in [9.17, 15) is 5.11 Å². The quantitative estimate of drug-likeness (QED) is 0.538. The Bertz CT molecular complexity index is 1080. The molecular weight excluding hydrogens is 406 g/mol. The van der Waals surface area contributed by atoms with Crippen molar-refractivity contribution >= 4 is 11.5 Å². The van der Waals surface area contributed by atoms with Gasteiger partial charge in [-0.05, 0) is 64.2 Å².